The summed E-state index contributed by atoms with van der Waals surface area (Å²) >= 11 is 5.95. The Hall–Kier alpha value is -2.68. The van der Waals surface area contributed by atoms with Crippen molar-refractivity contribution < 1.29 is 24.0 Å². The van der Waals surface area contributed by atoms with Crippen LogP contribution in [0.3, 0.4) is 0 Å². The van der Waals surface area contributed by atoms with E-state index in [1.807, 2.05) is 6.92 Å². The highest BCUT2D eigenvalue weighted by molar-refractivity contribution is 6.34. The molecule has 0 bridgehead atoms. The van der Waals surface area contributed by atoms with Crippen LogP contribution in [0.5, 0.6) is 0 Å². The first-order valence-corrected chi connectivity index (χ1v) is 9.19. The van der Waals surface area contributed by atoms with Crippen LogP contribution in [-0.2, 0) is 14.3 Å². The zero-order valence-corrected chi connectivity index (χ0v) is 16.9. The molecule has 1 aromatic carbocycles. The first-order chi connectivity index (χ1) is 13.1. The van der Waals surface area contributed by atoms with Crippen LogP contribution >= 0.6 is 11.6 Å². The molecule has 2 N–H and O–H groups in total. The number of nitrogens with zero attached hydrogens (tertiary/aromatic N) is 1. The standard InChI is InChI=1S/C18H24ClN3O6/c1-5-8-20-16(23)11(4)28-18(25)15(10(2)3)21-17(24)13-7-6-12(22(26)27)9-14(13)19/h6-7,9-11,15H,5,8H2,1-4H3,(H,20,23)(H,21,24)/t11?,15-/m0/s1. The number of carbonyl (C=O) groups is 3. The topological polar surface area (TPSA) is 128 Å². The molecule has 0 saturated heterocycles. The summed E-state index contributed by atoms with van der Waals surface area (Å²) in [6, 6.07) is 2.38. The molecular formula is C18H24ClN3O6. The van der Waals surface area contributed by atoms with Crippen LogP contribution in [0.1, 0.15) is 44.5 Å². The lowest BCUT2D eigenvalue weighted by Gasteiger charge is -2.23. The fourth-order valence-electron chi connectivity index (χ4n) is 2.21. The van der Waals surface area contributed by atoms with Gasteiger partial charge in [0.15, 0.2) is 6.10 Å². The van der Waals surface area contributed by atoms with Crippen LogP contribution in [0, 0.1) is 16.0 Å². The quantitative estimate of drug-likeness (QED) is 0.363. The number of benzene rings is 1. The van der Waals surface area contributed by atoms with E-state index in [0.717, 1.165) is 18.6 Å². The van der Waals surface area contributed by atoms with Crippen LogP contribution in [0.4, 0.5) is 5.69 Å². The SMILES string of the molecule is CCCNC(=O)C(C)OC(=O)[C@@H](NC(=O)c1ccc([N+](=O)[O-])cc1Cl)C(C)C. The summed E-state index contributed by atoms with van der Waals surface area (Å²) in [5, 5.41) is 15.8. The molecule has 0 spiro atoms. The van der Waals surface area contributed by atoms with Crippen LogP contribution < -0.4 is 10.6 Å². The summed E-state index contributed by atoms with van der Waals surface area (Å²) in [5.41, 5.74) is -0.271. The third kappa shape index (κ3) is 6.49. The number of rotatable bonds is 9. The van der Waals surface area contributed by atoms with E-state index in [2.05, 4.69) is 10.6 Å². The highest BCUT2D eigenvalue weighted by Gasteiger charge is 2.30. The number of carbonyl (C=O) groups excluding carboxylic acids is 3. The Kier molecular flexibility index (Phi) is 8.84. The Morgan fingerprint density at radius 3 is 2.39 bits per heavy atom. The minimum atomic E-state index is -1.03. The second-order valence-corrected chi connectivity index (χ2v) is 6.89. The summed E-state index contributed by atoms with van der Waals surface area (Å²) < 4.78 is 5.16. The largest absolute Gasteiger partial charge is 0.451 e. The minimum absolute atomic E-state index is 0.0144. The molecule has 1 aromatic rings. The maximum absolute atomic E-state index is 12.5. The highest BCUT2D eigenvalue weighted by atomic mass is 35.5. The van der Waals surface area contributed by atoms with Crippen LogP contribution in [0.15, 0.2) is 18.2 Å². The molecule has 9 nitrogen and oxygen atoms in total. The number of amides is 2. The second-order valence-electron chi connectivity index (χ2n) is 6.49. The number of esters is 1. The molecule has 0 aliphatic heterocycles. The van der Waals surface area contributed by atoms with E-state index in [-0.39, 0.29) is 22.2 Å². The molecule has 2 amide bonds. The molecule has 0 aromatic heterocycles. The van der Waals surface area contributed by atoms with Crippen molar-refractivity contribution >= 4 is 35.1 Å². The predicted octanol–water partition coefficient (Wildman–Crippen LogP) is 2.46. The van der Waals surface area contributed by atoms with E-state index >= 15 is 0 Å². The van der Waals surface area contributed by atoms with Gasteiger partial charge in [-0.05, 0) is 25.3 Å². The molecule has 1 rings (SSSR count). The van der Waals surface area contributed by atoms with Crippen molar-refractivity contribution in [2.45, 2.75) is 46.3 Å². The van der Waals surface area contributed by atoms with Crippen molar-refractivity contribution in [3.05, 3.63) is 38.9 Å². The van der Waals surface area contributed by atoms with Gasteiger partial charge in [0.05, 0.1) is 15.5 Å². The van der Waals surface area contributed by atoms with Gasteiger partial charge >= 0.3 is 5.97 Å². The first kappa shape index (κ1) is 23.4. The average Bonchev–Trinajstić information content (AvgIpc) is 2.63. The Balaban J connectivity index is 2.86. The third-order valence-electron chi connectivity index (χ3n) is 3.83. The molecule has 10 heteroatoms. The number of hydrogen-bond acceptors (Lipinski definition) is 6. The van der Waals surface area contributed by atoms with Gasteiger partial charge in [-0.2, -0.15) is 0 Å². The maximum atomic E-state index is 12.5. The van der Waals surface area contributed by atoms with Gasteiger partial charge in [0.2, 0.25) is 0 Å². The molecule has 0 fully saturated rings. The van der Waals surface area contributed by atoms with Crippen LogP contribution in [0.2, 0.25) is 5.02 Å². The fraction of sp³-hybridized carbons (Fsp3) is 0.500. The molecule has 1 unspecified atom stereocenters. The van der Waals surface area contributed by atoms with Crippen molar-refractivity contribution in [1.82, 2.24) is 10.6 Å². The molecule has 0 heterocycles. The average molecular weight is 414 g/mol. The van der Waals surface area contributed by atoms with E-state index in [1.165, 1.54) is 13.0 Å². The van der Waals surface area contributed by atoms with Gasteiger partial charge in [0.1, 0.15) is 6.04 Å². The molecule has 2 atom stereocenters. The van der Waals surface area contributed by atoms with Gasteiger partial charge in [-0.1, -0.05) is 32.4 Å². The molecule has 0 aliphatic rings. The smallest absolute Gasteiger partial charge is 0.329 e. The summed E-state index contributed by atoms with van der Waals surface area (Å²) in [5.74, 6) is -2.21. The van der Waals surface area contributed by atoms with Crippen molar-refractivity contribution in [2.75, 3.05) is 6.54 Å². The zero-order valence-electron chi connectivity index (χ0n) is 16.2. The number of non-ortho nitro benzene ring substituents is 1. The van der Waals surface area contributed by atoms with Gasteiger partial charge < -0.3 is 15.4 Å². The van der Waals surface area contributed by atoms with Crippen molar-refractivity contribution in [3.8, 4) is 0 Å². The lowest BCUT2D eigenvalue weighted by atomic mass is 10.0. The number of nitrogens with one attached hydrogen (secondary N) is 2. The number of ether oxygens (including phenoxy) is 1. The van der Waals surface area contributed by atoms with Crippen molar-refractivity contribution in [1.29, 1.82) is 0 Å². The molecular weight excluding hydrogens is 390 g/mol. The van der Waals surface area contributed by atoms with Gasteiger partial charge in [-0.3, -0.25) is 19.7 Å². The lowest BCUT2D eigenvalue weighted by Crippen LogP contribution is -2.47. The summed E-state index contributed by atoms with van der Waals surface area (Å²) in [6.07, 6.45) is -0.271. The Morgan fingerprint density at radius 2 is 1.89 bits per heavy atom. The Labute approximate surface area is 167 Å². The predicted molar refractivity (Wildman–Crippen MR) is 103 cm³/mol. The molecule has 0 radical (unpaired) electrons. The molecule has 28 heavy (non-hydrogen) atoms. The zero-order chi connectivity index (χ0) is 21.4. The van der Waals surface area contributed by atoms with E-state index < -0.39 is 34.9 Å². The molecule has 0 saturated carbocycles. The number of hydrogen-bond donors (Lipinski definition) is 2. The third-order valence-corrected chi connectivity index (χ3v) is 4.14. The summed E-state index contributed by atoms with van der Waals surface area (Å²) in [7, 11) is 0. The van der Waals surface area contributed by atoms with E-state index in [4.69, 9.17) is 16.3 Å². The number of nitro benzene ring substituents is 1. The van der Waals surface area contributed by atoms with Gasteiger partial charge in [0, 0.05) is 18.7 Å². The van der Waals surface area contributed by atoms with Crippen molar-refractivity contribution in [2.24, 2.45) is 5.92 Å². The van der Waals surface area contributed by atoms with Gasteiger partial charge in [0.25, 0.3) is 17.5 Å². The molecule has 0 aliphatic carbocycles. The van der Waals surface area contributed by atoms with Gasteiger partial charge in [-0.15, -0.1) is 0 Å². The number of nitro groups is 1. The molecule has 154 valence electrons. The second kappa shape index (κ2) is 10.6. The van der Waals surface area contributed by atoms with E-state index in [9.17, 15) is 24.5 Å². The fourth-order valence-corrected chi connectivity index (χ4v) is 2.47. The van der Waals surface area contributed by atoms with Crippen LogP contribution in [-0.4, -0.2) is 41.4 Å². The maximum Gasteiger partial charge on any atom is 0.329 e. The minimum Gasteiger partial charge on any atom is -0.451 e. The number of halogens is 1. The summed E-state index contributed by atoms with van der Waals surface area (Å²) in [6.45, 7) is 7.19. The van der Waals surface area contributed by atoms with E-state index in [1.54, 1.807) is 13.8 Å². The normalized spacial score (nSPS) is 12.8. The lowest BCUT2D eigenvalue weighted by molar-refractivity contribution is -0.384. The van der Waals surface area contributed by atoms with E-state index in [0.29, 0.717) is 6.54 Å². The van der Waals surface area contributed by atoms with Crippen LogP contribution in [0.25, 0.3) is 0 Å². The summed E-state index contributed by atoms with van der Waals surface area (Å²) in [4.78, 5) is 46.9. The van der Waals surface area contributed by atoms with Crippen molar-refractivity contribution in [3.63, 3.8) is 0 Å². The Bertz CT molecular complexity index is 753. The Morgan fingerprint density at radius 1 is 1.25 bits per heavy atom. The monoisotopic (exact) mass is 413 g/mol. The first-order valence-electron chi connectivity index (χ1n) is 8.81. The highest BCUT2D eigenvalue weighted by Crippen LogP contribution is 2.22. The van der Waals surface area contributed by atoms with Gasteiger partial charge in [-0.25, -0.2) is 4.79 Å².